The predicted molar refractivity (Wildman–Crippen MR) is 68.1 cm³/mol. The molecule has 0 aromatic heterocycles. The smallest absolute Gasteiger partial charge is 0.270 e. The lowest BCUT2D eigenvalue weighted by atomic mass is 10.3. The van der Waals surface area contributed by atoms with Crippen LogP contribution in [0.2, 0.25) is 0 Å². The molecule has 8 heteroatoms. The fourth-order valence-corrected chi connectivity index (χ4v) is 1.84. The van der Waals surface area contributed by atoms with E-state index in [4.69, 9.17) is 0 Å². The van der Waals surface area contributed by atoms with Crippen LogP contribution in [-0.4, -0.2) is 15.0 Å². The van der Waals surface area contributed by atoms with Crippen LogP contribution in [0.15, 0.2) is 29.4 Å². The summed E-state index contributed by atoms with van der Waals surface area (Å²) >= 11 is 5.97. The lowest BCUT2D eigenvalue weighted by Gasteiger charge is -2.15. The van der Waals surface area contributed by atoms with E-state index in [0.29, 0.717) is 5.69 Å². The molecule has 1 fully saturated rings. The van der Waals surface area contributed by atoms with Gasteiger partial charge in [-0.3, -0.25) is 15.0 Å². The first-order chi connectivity index (χ1) is 7.96. The van der Waals surface area contributed by atoms with Gasteiger partial charge in [0.15, 0.2) is 0 Å². The lowest BCUT2D eigenvalue weighted by molar-refractivity contribution is -0.122. The number of hydrazine groups is 1. The maximum absolute atomic E-state index is 11.9. The van der Waals surface area contributed by atoms with E-state index in [1.54, 1.807) is 0 Å². The Morgan fingerprint density at radius 1 is 1.18 bits per heavy atom. The molecule has 1 heterocycles. The van der Waals surface area contributed by atoms with E-state index in [2.05, 4.69) is 42.5 Å². The Bertz CT molecular complexity index is 501. The van der Waals surface area contributed by atoms with E-state index >= 15 is 0 Å². The summed E-state index contributed by atoms with van der Waals surface area (Å²) in [5.41, 5.74) is 3.08. The minimum Gasteiger partial charge on any atom is -0.270 e. The first-order valence-electron chi connectivity index (χ1n) is 4.43. The quantitative estimate of drug-likeness (QED) is 0.496. The number of halogens is 2. The highest BCUT2D eigenvalue weighted by Crippen LogP contribution is 2.35. The number of alkyl halides is 2. The third-order valence-electron chi connectivity index (χ3n) is 2.18. The molecule has 1 aliphatic rings. The molecule has 1 N–H and O–H groups in total. The Morgan fingerprint density at radius 3 is 2.18 bits per heavy atom. The molecular weight excluding hydrogens is 358 g/mol. The summed E-state index contributed by atoms with van der Waals surface area (Å²) in [4.78, 5) is 33.6. The minimum atomic E-state index is -1.44. The average molecular weight is 363 g/mol. The number of carbonyl (C=O) groups excluding carboxylic acids is 2. The van der Waals surface area contributed by atoms with Crippen LogP contribution < -0.4 is 10.4 Å². The van der Waals surface area contributed by atoms with Crippen molar-refractivity contribution in [3.63, 3.8) is 0 Å². The largest absolute Gasteiger partial charge is 0.283 e. The number of anilines is 1. The standard InChI is InChI=1S/C9H5Br2N3O3/c10-9(11)7(15)12-14(8(9)16)6-3-1-5(13-17)2-4-6/h1-4H,(H,12,15). The molecule has 1 aromatic carbocycles. The zero-order valence-electron chi connectivity index (χ0n) is 8.18. The molecule has 0 radical (unpaired) electrons. The fourth-order valence-electron chi connectivity index (χ4n) is 1.30. The fraction of sp³-hybridized carbons (Fsp3) is 0.111. The highest BCUT2D eigenvalue weighted by atomic mass is 79.9. The van der Waals surface area contributed by atoms with Gasteiger partial charge in [-0.2, -0.15) is 0 Å². The van der Waals surface area contributed by atoms with Crippen molar-refractivity contribution >= 4 is 55.0 Å². The Kier molecular flexibility index (Phi) is 3.00. The van der Waals surface area contributed by atoms with Gasteiger partial charge < -0.3 is 0 Å². The number of nitrogens with zero attached hydrogens (tertiary/aromatic N) is 2. The van der Waals surface area contributed by atoms with Gasteiger partial charge in [0.25, 0.3) is 11.8 Å². The van der Waals surface area contributed by atoms with Gasteiger partial charge in [-0.25, -0.2) is 5.01 Å². The van der Waals surface area contributed by atoms with Gasteiger partial charge in [0.2, 0.25) is 3.23 Å². The summed E-state index contributed by atoms with van der Waals surface area (Å²) in [6.07, 6.45) is 0. The van der Waals surface area contributed by atoms with Crippen molar-refractivity contribution in [3.8, 4) is 0 Å². The SMILES string of the molecule is O=Nc1ccc(N2NC(=O)C(Br)(Br)C2=O)cc1. The first-order valence-corrected chi connectivity index (χ1v) is 6.02. The Balaban J connectivity index is 2.33. The van der Waals surface area contributed by atoms with Crippen molar-refractivity contribution < 1.29 is 9.59 Å². The molecule has 1 saturated heterocycles. The van der Waals surface area contributed by atoms with Crippen LogP contribution in [0.5, 0.6) is 0 Å². The average Bonchev–Trinajstić information content (AvgIpc) is 2.53. The summed E-state index contributed by atoms with van der Waals surface area (Å²) in [6.45, 7) is 0. The number of hydrogen-bond acceptors (Lipinski definition) is 4. The highest BCUT2D eigenvalue weighted by molar-refractivity contribution is 9.26. The molecule has 0 atom stereocenters. The van der Waals surface area contributed by atoms with E-state index in [1.807, 2.05) is 0 Å². The Hall–Kier alpha value is -1.28. The summed E-state index contributed by atoms with van der Waals surface area (Å²) in [6, 6.07) is 5.92. The molecule has 6 nitrogen and oxygen atoms in total. The summed E-state index contributed by atoms with van der Waals surface area (Å²) < 4.78 is -1.44. The number of hydrogen-bond donors (Lipinski definition) is 1. The molecule has 2 rings (SSSR count). The molecule has 17 heavy (non-hydrogen) atoms. The van der Waals surface area contributed by atoms with Crippen LogP contribution in [0, 0.1) is 4.91 Å². The molecule has 0 bridgehead atoms. The second-order valence-electron chi connectivity index (χ2n) is 3.26. The highest BCUT2D eigenvalue weighted by Gasteiger charge is 2.51. The second-order valence-corrected chi connectivity index (χ2v) is 6.71. The third kappa shape index (κ3) is 1.98. The lowest BCUT2D eigenvalue weighted by Crippen LogP contribution is -2.36. The van der Waals surface area contributed by atoms with Crippen LogP contribution in [0.1, 0.15) is 0 Å². The summed E-state index contributed by atoms with van der Waals surface area (Å²) in [7, 11) is 0. The van der Waals surface area contributed by atoms with Gasteiger partial charge in [-0.1, -0.05) is 31.9 Å². The number of benzene rings is 1. The van der Waals surface area contributed by atoms with Crippen molar-refractivity contribution in [1.82, 2.24) is 5.43 Å². The maximum atomic E-state index is 11.9. The zero-order chi connectivity index (χ0) is 12.6. The summed E-state index contributed by atoms with van der Waals surface area (Å²) in [5.74, 6) is -1.01. The van der Waals surface area contributed by atoms with Gasteiger partial charge in [0.1, 0.15) is 5.69 Å². The van der Waals surface area contributed by atoms with E-state index in [9.17, 15) is 14.5 Å². The van der Waals surface area contributed by atoms with Gasteiger partial charge >= 0.3 is 0 Å². The maximum Gasteiger partial charge on any atom is 0.283 e. The molecule has 0 unspecified atom stereocenters. The van der Waals surface area contributed by atoms with Crippen molar-refractivity contribution in [2.75, 3.05) is 5.01 Å². The van der Waals surface area contributed by atoms with Gasteiger partial charge in [0, 0.05) is 0 Å². The predicted octanol–water partition coefficient (Wildman–Crippen LogP) is 1.95. The number of rotatable bonds is 2. The topological polar surface area (TPSA) is 78.8 Å². The molecule has 0 aliphatic carbocycles. The first kappa shape index (κ1) is 12.2. The molecular formula is C9H5Br2N3O3. The van der Waals surface area contributed by atoms with Crippen molar-refractivity contribution in [2.45, 2.75) is 3.23 Å². The zero-order valence-corrected chi connectivity index (χ0v) is 11.4. The monoisotopic (exact) mass is 361 g/mol. The van der Waals surface area contributed by atoms with Crippen LogP contribution in [0.25, 0.3) is 0 Å². The minimum absolute atomic E-state index is 0.246. The van der Waals surface area contributed by atoms with Crippen LogP contribution in [0.3, 0.4) is 0 Å². The van der Waals surface area contributed by atoms with E-state index in [1.165, 1.54) is 24.3 Å². The van der Waals surface area contributed by atoms with Crippen molar-refractivity contribution in [3.05, 3.63) is 29.2 Å². The number of nitrogens with one attached hydrogen (secondary N) is 1. The van der Waals surface area contributed by atoms with E-state index in [-0.39, 0.29) is 5.69 Å². The van der Waals surface area contributed by atoms with Crippen LogP contribution >= 0.6 is 31.9 Å². The molecule has 0 spiro atoms. The van der Waals surface area contributed by atoms with E-state index in [0.717, 1.165) is 5.01 Å². The number of nitroso groups, excluding NO2 is 1. The van der Waals surface area contributed by atoms with Crippen LogP contribution in [-0.2, 0) is 9.59 Å². The molecule has 2 amide bonds. The number of carbonyl (C=O) groups is 2. The van der Waals surface area contributed by atoms with Crippen molar-refractivity contribution in [1.29, 1.82) is 0 Å². The third-order valence-corrected chi connectivity index (χ3v) is 3.58. The van der Waals surface area contributed by atoms with Gasteiger partial charge in [-0.05, 0) is 29.4 Å². The molecule has 88 valence electrons. The number of amides is 2. The molecule has 1 aromatic rings. The Labute approximate surface area is 113 Å². The van der Waals surface area contributed by atoms with Gasteiger partial charge in [-0.15, -0.1) is 4.91 Å². The second kappa shape index (κ2) is 4.19. The normalized spacial score (nSPS) is 18.1. The van der Waals surface area contributed by atoms with Crippen LogP contribution in [0.4, 0.5) is 11.4 Å². The molecule has 0 saturated carbocycles. The summed E-state index contributed by atoms with van der Waals surface area (Å²) in [5, 5.41) is 3.83. The van der Waals surface area contributed by atoms with Gasteiger partial charge in [0.05, 0.1) is 5.69 Å². The molecule has 1 aliphatic heterocycles. The van der Waals surface area contributed by atoms with E-state index < -0.39 is 15.0 Å². The van der Waals surface area contributed by atoms with Crippen molar-refractivity contribution in [2.24, 2.45) is 5.18 Å². The Morgan fingerprint density at radius 2 is 1.76 bits per heavy atom.